The van der Waals surface area contributed by atoms with Gasteiger partial charge in [-0.15, -0.1) is 0 Å². The van der Waals surface area contributed by atoms with E-state index in [1.807, 2.05) is 6.92 Å². The minimum atomic E-state index is -0.368. The van der Waals surface area contributed by atoms with Crippen molar-refractivity contribution in [1.29, 1.82) is 0 Å². The second kappa shape index (κ2) is 6.23. The molecule has 2 unspecified atom stereocenters. The summed E-state index contributed by atoms with van der Waals surface area (Å²) < 4.78 is 5.55. The van der Waals surface area contributed by atoms with Gasteiger partial charge in [0.05, 0.1) is 6.54 Å². The lowest BCUT2D eigenvalue weighted by atomic mass is 10.0. The maximum Gasteiger partial charge on any atom is 0.252 e. The van der Waals surface area contributed by atoms with Gasteiger partial charge >= 0.3 is 0 Å². The van der Waals surface area contributed by atoms with Gasteiger partial charge in [0.15, 0.2) is 5.84 Å². The van der Waals surface area contributed by atoms with Crippen LogP contribution in [0, 0.1) is 5.92 Å². The van der Waals surface area contributed by atoms with Gasteiger partial charge in [-0.3, -0.25) is 4.79 Å². The Morgan fingerprint density at radius 1 is 1.42 bits per heavy atom. The summed E-state index contributed by atoms with van der Waals surface area (Å²) >= 11 is 0. The van der Waals surface area contributed by atoms with E-state index in [0.717, 1.165) is 32.1 Å². The fourth-order valence-electron chi connectivity index (χ4n) is 2.98. The molecule has 0 aromatic heterocycles. The van der Waals surface area contributed by atoms with Crippen LogP contribution in [0.4, 0.5) is 0 Å². The summed E-state index contributed by atoms with van der Waals surface area (Å²) in [6, 6.07) is 0.198. The fourth-order valence-corrected chi connectivity index (χ4v) is 2.98. The number of hydrogen-bond acceptors (Lipinski definition) is 4. The molecule has 1 saturated heterocycles. The molecule has 1 heterocycles. The molecule has 2 fully saturated rings. The van der Waals surface area contributed by atoms with E-state index in [9.17, 15) is 4.79 Å². The molecule has 0 spiro atoms. The number of amides is 1. The zero-order valence-electron chi connectivity index (χ0n) is 11.4. The van der Waals surface area contributed by atoms with Crippen molar-refractivity contribution in [3.63, 3.8) is 0 Å². The Hall–Kier alpha value is -1.30. The smallest absolute Gasteiger partial charge is 0.252 e. The number of oxime groups is 1. The fraction of sp³-hybridized carbons (Fsp3) is 0.846. The zero-order chi connectivity index (χ0) is 13.8. The first-order valence-corrected chi connectivity index (χ1v) is 7.02. The summed E-state index contributed by atoms with van der Waals surface area (Å²) in [4.78, 5) is 14.3. The summed E-state index contributed by atoms with van der Waals surface area (Å²) in [5.74, 6) is 0.304. The van der Waals surface area contributed by atoms with E-state index < -0.39 is 0 Å². The summed E-state index contributed by atoms with van der Waals surface area (Å²) in [5, 5.41) is 11.7. The van der Waals surface area contributed by atoms with Crippen LogP contribution in [-0.2, 0) is 9.53 Å². The lowest BCUT2D eigenvalue weighted by Crippen LogP contribution is -2.49. The lowest BCUT2D eigenvalue weighted by Gasteiger charge is -2.31. The Morgan fingerprint density at radius 2 is 2.11 bits per heavy atom. The maximum atomic E-state index is 12.6. The van der Waals surface area contributed by atoms with Crippen LogP contribution < -0.4 is 5.73 Å². The molecule has 19 heavy (non-hydrogen) atoms. The van der Waals surface area contributed by atoms with E-state index in [0.29, 0.717) is 6.61 Å². The Labute approximate surface area is 113 Å². The summed E-state index contributed by atoms with van der Waals surface area (Å²) in [7, 11) is 0. The van der Waals surface area contributed by atoms with Crippen molar-refractivity contribution in [1.82, 2.24) is 4.90 Å². The van der Waals surface area contributed by atoms with Crippen LogP contribution in [0.2, 0.25) is 0 Å². The molecule has 6 heteroatoms. The monoisotopic (exact) mass is 269 g/mol. The van der Waals surface area contributed by atoms with Crippen molar-refractivity contribution in [2.24, 2.45) is 16.8 Å². The molecule has 3 N–H and O–H groups in total. The molecule has 0 aromatic carbocycles. The quantitative estimate of drug-likeness (QED) is 0.344. The largest absolute Gasteiger partial charge is 0.409 e. The highest BCUT2D eigenvalue weighted by molar-refractivity contribution is 5.89. The van der Waals surface area contributed by atoms with Crippen molar-refractivity contribution in [3.8, 4) is 0 Å². The Morgan fingerprint density at radius 3 is 2.63 bits per heavy atom. The molecule has 0 radical (unpaired) electrons. The summed E-state index contributed by atoms with van der Waals surface area (Å²) in [5.41, 5.74) is 5.58. The van der Waals surface area contributed by atoms with E-state index >= 15 is 0 Å². The van der Waals surface area contributed by atoms with Crippen molar-refractivity contribution in [3.05, 3.63) is 0 Å². The van der Waals surface area contributed by atoms with Gasteiger partial charge in [0.25, 0.3) is 5.91 Å². The normalized spacial score (nSPS) is 28.8. The van der Waals surface area contributed by atoms with Crippen LogP contribution in [-0.4, -0.2) is 47.1 Å². The van der Waals surface area contributed by atoms with Gasteiger partial charge in [-0.05, 0) is 25.2 Å². The van der Waals surface area contributed by atoms with Gasteiger partial charge in [-0.2, -0.15) is 0 Å². The first-order chi connectivity index (χ1) is 9.13. The van der Waals surface area contributed by atoms with Crippen LogP contribution in [0.3, 0.4) is 0 Å². The number of carbonyl (C=O) groups excluding carboxylic acids is 1. The third-order valence-corrected chi connectivity index (χ3v) is 4.14. The third kappa shape index (κ3) is 3.18. The summed E-state index contributed by atoms with van der Waals surface area (Å²) in [6.07, 6.45) is 4.79. The lowest BCUT2D eigenvalue weighted by molar-refractivity contribution is -0.143. The molecular weight excluding hydrogens is 246 g/mol. The Balaban J connectivity index is 2.09. The second-order valence-corrected chi connectivity index (χ2v) is 5.55. The molecule has 6 nitrogen and oxygen atoms in total. The predicted octanol–water partition coefficient (Wildman–Crippen LogP) is 0.929. The number of nitrogens with two attached hydrogens (primary N) is 1. The van der Waals surface area contributed by atoms with Gasteiger partial charge in [0.2, 0.25) is 0 Å². The highest BCUT2D eigenvalue weighted by atomic mass is 16.5. The van der Waals surface area contributed by atoms with Crippen molar-refractivity contribution < 1.29 is 14.7 Å². The maximum absolute atomic E-state index is 12.6. The van der Waals surface area contributed by atoms with E-state index in [4.69, 9.17) is 15.7 Å². The van der Waals surface area contributed by atoms with Crippen LogP contribution in [0.5, 0.6) is 0 Å². The predicted molar refractivity (Wildman–Crippen MR) is 70.9 cm³/mol. The molecule has 2 rings (SSSR count). The molecule has 2 atom stereocenters. The number of amidine groups is 1. The van der Waals surface area contributed by atoms with Gasteiger partial charge in [0.1, 0.15) is 6.10 Å². The van der Waals surface area contributed by atoms with Crippen molar-refractivity contribution in [2.75, 3.05) is 13.2 Å². The van der Waals surface area contributed by atoms with E-state index in [2.05, 4.69) is 5.16 Å². The van der Waals surface area contributed by atoms with Crippen LogP contribution >= 0.6 is 0 Å². The van der Waals surface area contributed by atoms with Crippen molar-refractivity contribution in [2.45, 2.75) is 51.2 Å². The van der Waals surface area contributed by atoms with Gasteiger partial charge < -0.3 is 20.6 Å². The topological polar surface area (TPSA) is 88.2 Å². The molecule has 0 aromatic rings. The minimum Gasteiger partial charge on any atom is -0.409 e. The van der Waals surface area contributed by atoms with Crippen LogP contribution in [0.25, 0.3) is 0 Å². The van der Waals surface area contributed by atoms with Gasteiger partial charge in [-0.25, -0.2) is 0 Å². The number of carbonyl (C=O) groups is 1. The minimum absolute atomic E-state index is 0.0106. The van der Waals surface area contributed by atoms with Gasteiger partial charge in [-0.1, -0.05) is 24.9 Å². The second-order valence-electron chi connectivity index (χ2n) is 5.55. The molecule has 2 aliphatic rings. The SMILES string of the molecule is CC1CCOC1C(=O)N(CC(N)=NO)C1CCCC1. The highest BCUT2D eigenvalue weighted by Gasteiger charge is 2.37. The first-order valence-electron chi connectivity index (χ1n) is 7.02. The molecule has 1 amide bonds. The van der Waals surface area contributed by atoms with Gasteiger partial charge in [0, 0.05) is 12.6 Å². The molecule has 108 valence electrons. The van der Waals surface area contributed by atoms with E-state index in [1.54, 1.807) is 4.90 Å². The number of hydrogen-bond donors (Lipinski definition) is 2. The number of rotatable bonds is 4. The van der Waals surface area contributed by atoms with Crippen LogP contribution in [0.15, 0.2) is 5.16 Å². The number of ether oxygens (including phenoxy) is 1. The zero-order valence-corrected chi connectivity index (χ0v) is 11.4. The average molecular weight is 269 g/mol. The number of nitrogens with zero attached hydrogens (tertiary/aromatic N) is 2. The third-order valence-electron chi connectivity index (χ3n) is 4.14. The standard InChI is InChI=1S/C13H23N3O3/c1-9-6-7-19-12(9)13(17)16(8-11(14)15-18)10-4-2-3-5-10/h9-10,12,18H,2-8H2,1H3,(H2,14,15). The first kappa shape index (κ1) is 14.1. The molecule has 0 bridgehead atoms. The van der Waals surface area contributed by atoms with E-state index in [-0.39, 0.29) is 36.4 Å². The Bertz CT molecular complexity index is 353. The average Bonchev–Trinajstić information content (AvgIpc) is 3.05. The molecular formula is C13H23N3O3. The van der Waals surface area contributed by atoms with Crippen molar-refractivity contribution >= 4 is 11.7 Å². The highest BCUT2D eigenvalue weighted by Crippen LogP contribution is 2.27. The Kier molecular flexibility index (Phi) is 4.63. The van der Waals surface area contributed by atoms with E-state index in [1.165, 1.54) is 0 Å². The molecule has 1 aliphatic carbocycles. The van der Waals surface area contributed by atoms with Crippen LogP contribution in [0.1, 0.15) is 39.0 Å². The summed E-state index contributed by atoms with van der Waals surface area (Å²) in [6.45, 7) is 2.86. The molecule has 1 saturated carbocycles. The molecule has 1 aliphatic heterocycles.